The third-order valence-electron chi connectivity index (χ3n) is 6.44. The van der Waals surface area contributed by atoms with E-state index in [9.17, 15) is 22.8 Å². The normalized spacial score (nSPS) is 15.4. The van der Waals surface area contributed by atoms with E-state index < -0.39 is 29.0 Å². The van der Waals surface area contributed by atoms with Gasteiger partial charge in [0, 0.05) is 17.7 Å². The fourth-order valence-corrected chi connectivity index (χ4v) is 4.12. The van der Waals surface area contributed by atoms with Gasteiger partial charge in [0.25, 0.3) is 0 Å². The molecular formula is C26H28F4N6O2. The van der Waals surface area contributed by atoms with Crippen molar-refractivity contribution < 1.29 is 27.0 Å². The minimum absolute atomic E-state index is 0.0542. The number of ether oxygens (including phenoxy) is 2. The van der Waals surface area contributed by atoms with Gasteiger partial charge in [0.05, 0.1) is 42.2 Å². The van der Waals surface area contributed by atoms with E-state index in [0.717, 1.165) is 6.07 Å². The SMILES string of the molecule is COc1nc2nc(COCCN(C)C)nc(N[C@H](C)c3cccc(C(F)(F)F)c3F)c2cc1C1(C#N)CC1. The van der Waals surface area contributed by atoms with Gasteiger partial charge in [-0.3, -0.25) is 0 Å². The summed E-state index contributed by atoms with van der Waals surface area (Å²) in [5, 5.41) is 13.2. The molecule has 1 N–H and O–H groups in total. The lowest BCUT2D eigenvalue weighted by Crippen LogP contribution is -2.19. The first kappa shape index (κ1) is 27.5. The van der Waals surface area contributed by atoms with Crippen molar-refractivity contribution in [2.45, 2.75) is 44.0 Å². The number of pyridine rings is 1. The summed E-state index contributed by atoms with van der Waals surface area (Å²) in [6, 6.07) is 6.29. The number of aromatic nitrogens is 3. The van der Waals surface area contributed by atoms with E-state index in [4.69, 9.17) is 9.47 Å². The van der Waals surface area contributed by atoms with Crippen molar-refractivity contribution in [3.05, 3.63) is 52.6 Å². The van der Waals surface area contributed by atoms with Gasteiger partial charge in [0.1, 0.15) is 18.2 Å². The van der Waals surface area contributed by atoms with Gasteiger partial charge in [0.15, 0.2) is 11.5 Å². The van der Waals surface area contributed by atoms with Crippen LogP contribution in [0.3, 0.4) is 0 Å². The molecule has 3 aromatic rings. The molecule has 0 amide bonds. The topological polar surface area (TPSA) is 96.2 Å². The van der Waals surface area contributed by atoms with E-state index in [2.05, 4.69) is 26.3 Å². The average molecular weight is 533 g/mol. The van der Waals surface area contributed by atoms with E-state index >= 15 is 0 Å². The van der Waals surface area contributed by atoms with Gasteiger partial charge in [-0.15, -0.1) is 0 Å². The molecule has 2 aromatic heterocycles. The number of hydrogen-bond acceptors (Lipinski definition) is 8. The Hall–Kier alpha value is -3.56. The van der Waals surface area contributed by atoms with Crippen LogP contribution in [-0.4, -0.2) is 54.2 Å². The number of halogens is 4. The van der Waals surface area contributed by atoms with Gasteiger partial charge in [-0.25, -0.2) is 14.4 Å². The molecule has 0 radical (unpaired) electrons. The second-order valence-electron chi connectivity index (χ2n) is 9.53. The lowest BCUT2D eigenvalue weighted by molar-refractivity contribution is -0.140. The molecule has 0 aliphatic heterocycles. The maximum Gasteiger partial charge on any atom is 0.419 e. The van der Waals surface area contributed by atoms with E-state index in [1.807, 2.05) is 19.0 Å². The molecule has 0 saturated heterocycles. The summed E-state index contributed by atoms with van der Waals surface area (Å²) in [6.45, 7) is 2.69. The Morgan fingerprint density at radius 3 is 2.55 bits per heavy atom. The number of methoxy groups -OCH3 is 1. The zero-order chi connectivity index (χ0) is 27.7. The fraction of sp³-hybridized carbons (Fsp3) is 0.462. The Bertz CT molecular complexity index is 1370. The molecule has 8 nitrogen and oxygen atoms in total. The van der Waals surface area contributed by atoms with Gasteiger partial charge in [-0.1, -0.05) is 12.1 Å². The summed E-state index contributed by atoms with van der Waals surface area (Å²) in [4.78, 5) is 15.5. The molecule has 38 heavy (non-hydrogen) atoms. The van der Waals surface area contributed by atoms with Gasteiger partial charge < -0.3 is 19.7 Å². The summed E-state index contributed by atoms with van der Waals surface area (Å²) in [5.41, 5.74) is -1.43. The van der Waals surface area contributed by atoms with Crippen molar-refractivity contribution in [2.75, 3.05) is 39.7 Å². The van der Waals surface area contributed by atoms with Crippen LogP contribution in [0.15, 0.2) is 24.3 Å². The number of likely N-dealkylation sites (N-methyl/N-ethyl adjacent to an activating group) is 1. The number of benzene rings is 1. The van der Waals surface area contributed by atoms with Crippen LogP contribution in [0, 0.1) is 17.1 Å². The van der Waals surface area contributed by atoms with Gasteiger partial charge in [-0.2, -0.15) is 23.4 Å². The van der Waals surface area contributed by atoms with Crippen LogP contribution < -0.4 is 10.1 Å². The zero-order valence-electron chi connectivity index (χ0n) is 21.5. The van der Waals surface area contributed by atoms with Crippen LogP contribution in [0.5, 0.6) is 5.88 Å². The standard InChI is InChI=1S/C26H28F4N6O2/c1-15(16-6-5-7-18(21(16)27)26(28,29)30)32-22-17-12-19(25(14-31)8-9-25)24(37-4)35-23(17)34-20(33-22)13-38-11-10-36(2)3/h5-7,12,15H,8-11,13H2,1-4H3,(H,32,33,34,35)/t15-/m1/s1. The van der Waals surface area contributed by atoms with Gasteiger partial charge in [0.2, 0.25) is 5.88 Å². The lowest BCUT2D eigenvalue weighted by Gasteiger charge is -2.20. The van der Waals surface area contributed by atoms with Crippen molar-refractivity contribution in [2.24, 2.45) is 0 Å². The minimum atomic E-state index is -4.83. The summed E-state index contributed by atoms with van der Waals surface area (Å²) in [7, 11) is 5.27. The second kappa shape index (κ2) is 10.7. The fourth-order valence-electron chi connectivity index (χ4n) is 4.12. The number of anilines is 1. The Morgan fingerprint density at radius 1 is 1.21 bits per heavy atom. The minimum Gasteiger partial charge on any atom is -0.481 e. The molecule has 0 bridgehead atoms. The maximum absolute atomic E-state index is 14.9. The summed E-state index contributed by atoms with van der Waals surface area (Å²) in [5.74, 6) is -0.583. The van der Waals surface area contributed by atoms with Crippen molar-refractivity contribution >= 4 is 16.9 Å². The predicted octanol–water partition coefficient (Wildman–Crippen LogP) is 5.00. The van der Waals surface area contributed by atoms with E-state index in [1.165, 1.54) is 20.1 Å². The largest absolute Gasteiger partial charge is 0.481 e. The first-order valence-electron chi connectivity index (χ1n) is 12.0. The monoisotopic (exact) mass is 532 g/mol. The molecule has 12 heteroatoms. The number of nitriles is 1. The number of nitrogens with zero attached hydrogens (tertiary/aromatic N) is 5. The summed E-state index contributed by atoms with van der Waals surface area (Å²) in [6.07, 6.45) is -3.55. The predicted molar refractivity (Wildman–Crippen MR) is 132 cm³/mol. The van der Waals surface area contributed by atoms with Crippen LogP contribution in [0.25, 0.3) is 11.0 Å². The molecule has 0 unspecified atom stereocenters. The van der Waals surface area contributed by atoms with Gasteiger partial charge in [-0.05, 0) is 46.0 Å². The maximum atomic E-state index is 14.9. The Balaban J connectivity index is 1.77. The van der Waals surface area contributed by atoms with Crippen LogP contribution in [-0.2, 0) is 22.9 Å². The Labute approximate surface area is 217 Å². The highest BCUT2D eigenvalue weighted by Gasteiger charge is 2.48. The van der Waals surface area contributed by atoms with Gasteiger partial charge >= 0.3 is 6.18 Å². The second-order valence-corrected chi connectivity index (χ2v) is 9.53. The highest BCUT2D eigenvalue weighted by atomic mass is 19.4. The molecule has 1 atom stereocenters. The first-order chi connectivity index (χ1) is 18.0. The first-order valence-corrected chi connectivity index (χ1v) is 12.0. The molecule has 1 aliphatic carbocycles. The zero-order valence-corrected chi connectivity index (χ0v) is 21.5. The molecule has 202 valence electrons. The van der Waals surface area contributed by atoms with Crippen LogP contribution in [0.2, 0.25) is 0 Å². The molecule has 0 spiro atoms. The lowest BCUT2D eigenvalue weighted by atomic mass is 9.97. The number of hydrogen-bond donors (Lipinski definition) is 1. The number of nitrogens with one attached hydrogen (secondary N) is 1. The number of fused-ring (bicyclic) bond motifs is 1. The molecule has 2 heterocycles. The molecule has 4 rings (SSSR count). The summed E-state index contributed by atoms with van der Waals surface area (Å²) >= 11 is 0. The van der Waals surface area contributed by atoms with Crippen LogP contribution in [0.1, 0.15) is 48.3 Å². The van der Waals surface area contributed by atoms with Crippen molar-refractivity contribution in [3.8, 4) is 11.9 Å². The molecular weight excluding hydrogens is 504 g/mol. The van der Waals surface area contributed by atoms with Crippen molar-refractivity contribution in [1.82, 2.24) is 19.9 Å². The Kier molecular flexibility index (Phi) is 7.71. The molecule has 1 aromatic carbocycles. The van der Waals surface area contributed by atoms with Crippen LogP contribution >= 0.6 is 0 Å². The van der Waals surface area contributed by atoms with E-state index in [1.54, 1.807) is 6.07 Å². The van der Waals surface area contributed by atoms with E-state index in [-0.39, 0.29) is 35.3 Å². The van der Waals surface area contributed by atoms with Crippen molar-refractivity contribution in [3.63, 3.8) is 0 Å². The third-order valence-corrected chi connectivity index (χ3v) is 6.44. The molecule has 1 saturated carbocycles. The number of alkyl halides is 3. The number of rotatable bonds is 10. The summed E-state index contributed by atoms with van der Waals surface area (Å²) < 4.78 is 65.9. The third kappa shape index (κ3) is 5.63. The average Bonchev–Trinajstić information content (AvgIpc) is 3.66. The van der Waals surface area contributed by atoms with Crippen LogP contribution in [0.4, 0.5) is 23.4 Å². The highest BCUT2D eigenvalue weighted by molar-refractivity contribution is 5.88. The van der Waals surface area contributed by atoms with E-state index in [0.29, 0.717) is 43.0 Å². The van der Waals surface area contributed by atoms with Crippen molar-refractivity contribution in [1.29, 1.82) is 5.26 Å². The molecule has 1 fully saturated rings. The highest BCUT2D eigenvalue weighted by Crippen LogP contribution is 2.51. The Morgan fingerprint density at radius 2 is 1.95 bits per heavy atom. The smallest absolute Gasteiger partial charge is 0.419 e. The quantitative estimate of drug-likeness (QED) is 0.288. The molecule has 1 aliphatic rings.